The van der Waals surface area contributed by atoms with Crippen LogP contribution >= 0.6 is 27.5 Å². The van der Waals surface area contributed by atoms with Crippen LogP contribution in [0.3, 0.4) is 0 Å². The first-order valence-corrected chi connectivity index (χ1v) is 6.43. The molecule has 0 spiro atoms. The van der Waals surface area contributed by atoms with Gasteiger partial charge in [-0.05, 0) is 17.7 Å². The summed E-state index contributed by atoms with van der Waals surface area (Å²) in [5.74, 6) is -0.134. The molecule has 1 aromatic rings. The molecule has 0 radical (unpaired) electrons. The molecular weight excluding hydrogens is 343 g/mol. The topological polar surface area (TPSA) is 40.1 Å². The van der Waals surface area contributed by atoms with Gasteiger partial charge in [-0.3, -0.25) is 0 Å². The van der Waals surface area contributed by atoms with E-state index >= 15 is 0 Å². The van der Waals surface area contributed by atoms with Crippen LogP contribution in [0.4, 0.5) is 0 Å². The average Bonchev–Trinajstić information content (AvgIpc) is 2.14. The second kappa shape index (κ2) is 10.1. The number of rotatable bonds is 2. The Bertz CT molecular complexity index is 372. The zero-order valence-electron chi connectivity index (χ0n) is 11.5. The molecule has 0 amide bonds. The van der Waals surface area contributed by atoms with Gasteiger partial charge in [-0.1, -0.05) is 61.3 Å². The van der Waals surface area contributed by atoms with Crippen molar-refractivity contribution in [3.63, 3.8) is 0 Å². The molecule has 0 saturated carbocycles. The van der Waals surface area contributed by atoms with Gasteiger partial charge in [0.15, 0.2) is 0 Å². The Morgan fingerprint density at radius 1 is 1.39 bits per heavy atom. The zero-order valence-corrected chi connectivity index (χ0v) is 16.9. The van der Waals surface area contributed by atoms with E-state index in [0.29, 0.717) is 5.02 Å². The fourth-order valence-corrected chi connectivity index (χ4v) is 1.79. The van der Waals surface area contributed by atoms with Crippen LogP contribution in [-0.4, -0.2) is 11.9 Å². The van der Waals surface area contributed by atoms with Crippen LogP contribution in [0.25, 0.3) is 0 Å². The average molecular weight is 360 g/mol. The van der Waals surface area contributed by atoms with Crippen LogP contribution in [0.2, 0.25) is 5.02 Å². The van der Waals surface area contributed by atoms with Crippen molar-refractivity contribution in [3.8, 4) is 0 Å². The largest absolute Gasteiger partial charge is 1.00 e. The maximum absolute atomic E-state index is 10.5. The molecule has 0 aromatic heterocycles. The van der Waals surface area contributed by atoms with Crippen LogP contribution in [0.1, 0.15) is 39.2 Å². The molecule has 96 valence electrons. The summed E-state index contributed by atoms with van der Waals surface area (Å²) in [6, 6.07) is 5.52. The van der Waals surface area contributed by atoms with Crippen molar-refractivity contribution in [3.05, 3.63) is 33.3 Å². The van der Waals surface area contributed by atoms with Crippen LogP contribution in [-0.2, 0) is 4.79 Å². The summed E-state index contributed by atoms with van der Waals surface area (Å²) in [5.41, 5.74) is 0.120. The molecule has 1 atom stereocenters. The normalized spacial score (nSPS) is 11.7. The van der Waals surface area contributed by atoms with Crippen LogP contribution in [0.5, 0.6) is 0 Å². The molecule has 1 unspecified atom stereocenters. The maximum Gasteiger partial charge on any atom is 1.00 e. The predicted octanol–water partition coefficient (Wildman–Crippen LogP) is 0.554. The van der Waals surface area contributed by atoms with Crippen molar-refractivity contribution < 1.29 is 61.3 Å². The summed E-state index contributed by atoms with van der Waals surface area (Å²) in [6.45, 7) is 6.72. The number of hydrogen-bond acceptors (Lipinski definition) is 2. The van der Waals surface area contributed by atoms with Gasteiger partial charge in [0.2, 0.25) is 0 Å². The van der Waals surface area contributed by atoms with Crippen molar-refractivity contribution in [1.82, 2.24) is 0 Å². The minimum atomic E-state index is -0.750. The third kappa shape index (κ3) is 11.1. The SMILES string of the molecule is CC(C)(C)[O-].CC(C=O)c1ccc(Br)cc1Cl.[K+]. The molecule has 2 nitrogen and oxygen atoms in total. The van der Waals surface area contributed by atoms with Crippen molar-refractivity contribution in [2.75, 3.05) is 0 Å². The molecule has 5 heteroatoms. The molecule has 1 rings (SSSR count). The monoisotopic (exact) mass is 358 g/mol. The smallest absolute Gasteiger partial charge is 0.850 e. The Morgan fingerprint density at radius 3 is 2.17 bits per heavy atom. The first-order chi connectivity index (χ1) is 7.65. The standard InChI is InChI=1S/C9H8BrClO.C4H9O.K/c1-6(5-12)8-3-2-7(10)4-9(8)11;1-4(2,3)5;/h2-6H,1H3;1-3H3;/q;-1;+1. The number of halogens is 2. The molecule has 0 saturated heterocycles. The predicted molar refractivity (Wildman–Crippen MR) is 73.4 cm³/mol. The number of carbonyl (C=O) groups is 1. The molecule has 0 aliphatic carbocycles. The molecular formula is C13H17BrClKO2. The van der Waals surface area contributed by atoms with Crippen LogP contribution < -0.4 is 56.5 Å². The summed E-state index contributed by atoms with van der Waals surface area (Å²) in [7, 11) is 0. The van der Waals surface area contributed by atoms with E-state index in [1.807, 2.05) is 19.1 Å². The van der Waals surface area contributed by atoms with Crippen LogP contribution in [0, 0.1) is 0 Å². The Balaban J connectivity index is 0. The van der Waals surface area contributed by atoms with E-state index in [4.69, 9.17) is 11.6 Å². The Kier molecular flexibility index (Phi) is 12.0. The van der Waals surface area contributed by atoms with E-state index in [2.05, 4.69) is 15.9 Å². The van der Waals surface area contributed by atoms with Gasteiger partial charge in [-0.25, -0.2) is 0 Å². The molecule has 0 aliphatic heterocycles. The van der Waals surface area contributed by atoms with Crippen molar-refractivity contribution in [2.24, 2.45) is 0 Å². The van der Waals surface area contributed by atoms with E-state index in [9.17, 15) is 9.90 Å². The second-order valence-corrected chi connectivity index (χ2v) is 6.03. The van der Waals surface area contributed by atoms with Gasteiger partial charge in [0.05, 0.1) is 0 Å². The summed E-state index contributed by atoms with van der Waals surface area (Å²) in [4.78, 5) is 10.5. The zero-order chi connectivity index (χ0) is 13.6. The molecule has 0 aliphatic rings. The first-order valence-electron chi connectivity index (χ1n) is 5.26. The molecule has 0 N–H and O–H groups in total. The number of benzene rings is 1. The molecule has 0 bridgehead atoms. The van der Waals surface area contributed by atoms with Gasteiger partial charge in [0, 0.05) is 15.4 Å². The summed E-state index contributed by atoms with van der Waals surface area (Å²) in [6.07, 6.45) is 0.884. The van der Waals surface area contributed by atoms with E-state index in [-0.39, 0.29) is 57.3 Å². The Morgan fingerprint density at radius 2 is 1.83 bits per heavy atom. The van der Waals surface area contributed by atoms with E-state index in [0.717, 1.165) is 16.3 Å². The number of hydrogen-bond donors (Lipinski definition) is 0. The van der Waals surface area contributed by atoms with Gasteiger partial charge in [-0.2, -0.15) is 0 Å². The quantitative estimate of drug-likeness (QED) is 0.572. The molecule has 18 heavy (non-hydrogen) atoms. The fraction of sp³-hybridized carbons (Fsp3) is 0.462. The van der Waals surface area contributed by atoms with Gasteiger partial charge in [0.25, 0.3) is 0 Å². The van der Waals surface area contributed by atoms with Gasteiger partial charge < -0.3 is 9.90 Å². The fourth-order valence-electron chi connectivity index (χ4n) is 0.944. The third-order valence-corrected chi connectivity index (χ3v) is 2.48. The van der Waals surface area contributed by atoms with E-state index in [1.165, 1.54) is 0 Å². The summed E-state index contributed by atoms with van der Waals surface area (Å²) >= 11 is 9.21. The van der Waals surface area contributed by atoms with Crippen molar-refractivity contribution >= 4 is 33.8 Å². The van der Waals surface area contributed by atoms with Gasteiger partial charge in [0.1, 0.15) is 6.29 Å². The van der Waals surface area contributed by atoms with E-state index < -0.39 is 5.60 Å². The van der Waals surface area contributed by atoms with Gasteiger partial charge in [-0.15, -0.1) is 5.60 Å². The van der Waals surface area contributed by atoms with Gasteiger partial charge >= 0.3 is 51.4 Å². The summed E-state index contributed by atoms with van der Waals surface area (Å²) in [5, 5.41) is 10.7. The van der Waals surface area contributed by atoms with Crippen molar-refractivity contribution in [2.45, 2.75) is 39.2 Å². The molecule has 0 fully saturated rings. The van der Waals surface area contributed by atoms with E-state index in [1.54, 1.807) is 26.8 Å². The molecule has 1 aromatic carbocycles. The molecule has 0 heterocycles. The minimum Gasteiger partial charge on any atom is -0.850 e. The third-order valence-electron chi connectivity index (χ3n) is 1.66. The Labute approximate surface area is 165 Å². The first kappa shape index (κ1) is 21.6. The summed E-state index contributed by atoms with van der Waals surface area (Å²) < 4.78 is 0.925. The Hall–Kier alpha value is 1.26. The number of aldehydes is 1. The maximum atomic E-state index is 10.5. The minimum absolute atomic E-state index is 0. The second-order valence-electron chi connectivity index (χ2n) is 4.70. The van der Waals surface area contributed by atoms with Crippen LogP contribution in [0.15, 0.2) is 22.7 Å². The number of carbonyl (C=O) groups excluding carboxylic acids is 1. The van der Waals surface area contributed by atoms with Crippen molar-refractivity contribution in [1.29, 1.82) is 0 Å².